The van der Waals surface area contributed by atoms with Crippen LogP contribution in [0.2, 0.25) is 0 Å². The lowest BCUT2D eigenvalue weighted by atomic mass is 10.2. The highest BCUT2D eigenvalue weighted by molar-refractivity contribution is 9.10. The van der Waals surface area contributed by atoms with E-state index in [2.05, 4.69) is 15.9 Å². The Morgan fingerprint density at radius 2 is 2.00 bits per heavy atom. The Kier molecular flexibility index (Phi) is 6.94. The van der Waals surface area contributed by atoms with Gasteiger partial charge in [0.2, 0.25) is 0 Å². The van der Waals surface area contributed by atoms with Gasteiger partial charge in [-0.1, -0.05) is 6.07 Å². The molecule has 0 saturated heterocycles. The average molecular weight is 356 g/mol. The minimum Gasteiger partial charge on any atom is -0.483 e. The first-order chi connectivity index (χ1) is 9.97. The van der Waals surface area contributed by atoms with Gasteiger partial charge in [0.15, 0.2) is 6.61 Å². The smallest absolute Gasteiger partial charge is 0.328 e. The van der Waals surface area contributed by atoms with E-state index in [1.165, 1.54) is 6.08 Å². The van der Waals surface area contributed by atoms with Crippen molar-refractivity contribution in [1.82, 2.24) is 4.90 Å². The fourth-order valence-corrected chi connectivity index (χ4v) is 2.22. The van der Waals surface area contributed by atoms with Gasteiger partial charge in [-0.2, -0.15) is 0 Å². The first-order valence-corrected chi connectivity index (χ1v) is 7.38. The Labute approximate surface area is 132 Å². The third-order valence-corrected chi connectivity index (χ3v) is 3.46. The number of aliphatic carboxylic acids is 1. The number of carbonyl (C=O) groups is 2. The average Bonchev–Trinajstić information content (AvgIpc) is 2.45. The van der Waals surface area contributed by atoms with Crippen LogP contribution >= 0.6 is 15.9 Å². The summed E-state index contributed by atoms with van der Waals surface area (Å²) in [4.78, 5) is 24.0. The molecule has 5 nitrogen and oxygen atoms in total. The first-order valence-electron chi connectivity index (χ1n) is 6.59. The van der Waals surface area contributed by atoms with E-state index in [0.717, 1.165) is 11.6 Å². The van der Waals surface area contributed by atoms with Crippen molar-refractivity contribution in [3.63, 3.8) is 0 Å². The molecule has 0 fully saturated rings. The molecular formula is C15H18BrNO4. The van der Waals surface area contributed by atoms with Crippen molar-refractivity contribution in [3.05, 3.63) is 34.3 Å². The molecule has 0 saturated carbocycles. The summed E-state index contributed by atoms with van der Waals surface area (Å²) in [5.41, 5.74) is 0.728. The van der Waals surface area contributed by atoms with Crippen molar-refractivity contribution in [2.75, 3.05) is 19.7 Å². The number of nitrogens with zero attached hydrogens (tertiary/aromatic N) is 1. The summed E-state index contributed by atoms with van der Waals surface area (Å²) in [6.45, 7) is 5.12. The van der Waals surface area contributed by atoms with Gasteiger partial charge in [-0.15, -0.1) is 0 Å². The minimum atomic E-state index is -1.00. The molecule has 114 valence electrons. The standard InChI is InChI=1S/C15H18BrNO4/c1-3-17(4-2)14(18)10-21-13-7-5-11(9-12(13)16)6-8-15(19)20/h5-9H,3-4,10H2,1-2H3,(H,19,20). The number of benzene rings is 1. The van der Waals surface area contributed by atoms with Crippen molar-refractivity contribution in [2.24, 2.45) is 0 Å². The number of ether oxygens (including phenoxy) is 1. The van der Waals surface area contributed by atoms with Gasteiger partial charge in [0.25, 0.3) is 5.91 Å². The lowest BCUT2D eigenvalue weighted by molar-refractivity contribution is -0.133. The molecule has 1 amide bonds. The molecular weight excluding hydrogens is 338 g/mol. The third kappa shape index (κ3) is 5.59. The van der Waals surface area contributed by atoms with Crippen LogP contribution in [0.4, 0.5) is 0 Å². The van der Waals surface area contributed by atoms with Crippen LogP contribution in [0, 0.1) is 0 Å². The number of halogens is 1. The van der Waals surface area contributed by atoms with E-state index in [0.29, 0.717) is 23.3 Å². The second-order valence-electron chi connectivity index (χ2n) is 4.22. The van der Waals surface area contributed by atoms with E-state index in [-0.39, 0.29) is 12.5 Å². The molecule has 21 heavy (non-hydrogen) atoms. The van der Waals surface area contributed by atoms with E-state index in [4.69, 9.17) is 9.84 Å². The van der Waals surface area contributed by atoms with Gasteiger partial charge >= 0.3 is 5.97 Å². The van der Waals surface area contributed by atoms with E-state index >= 15 is 0 Å². The van der Waals surface area contributed by atoms with Crippen molar-refractivity contribution in [3.8, 4) is 5.75 Å². The molecule has 0 bridgehead atoms. The van der Waals surface area contributed by atoms with Gasteiger partial charge < -0.3 is 14.7 Å². The monoisotopic (exact) mass is 355 g/mol. The number of carboxylic acids is 1. The molecule has 0 aliphatic rings. The van der Waals surface area contributed by atoms with E-state index in [1.54, 1.807) is 23.1 Å². The van der Waals surface area contributed by atoms with Crippen LogP contribution in [0.1, 0.15) is 19.4 Å². The number of amides is 1. The molecule has 0 spiro atoms. The summed E-state index contributed by atoms with van der Waals surface area (Å²) in [6.07, 6.45) is 2.55. The van der Waals surface area contributed by atoms with Crippen molar-refractivity contribution >= 4 is 33.9 Å². The molecule has 6 heteroatoms. The zero-order valence-electron chi connectivity index (χ0n) is 12.0. The predicted molar refractivity (Wildman–Crippen MR) is 84.2 cm³/mol. The van der Waals surface area contributed by atoms with Crippen LogP contribution in [-0.4, -0.2) is 41.6 Å². The molecule has 1 aromatic rings. The molecule has 0 aliphatic carbocycles. The normalized spacial score (nSPS) is 10.6. The number of carboxylic acid groups (broad SMARTS) is 1. The van der Waals surface area contributed by atoms with Crippen LogP contribution in [0.3, 0.4) is 0 Å². The summed E-state index contributed by atoms with van der Waals surface area (Å²) in [5, 5.41) is 8.58. The first kappa shape index (κ1) is 17.2. The highest BCUT2D eigenvalue weighted by Crippen LogP contribution is 2.26. The second kappa shape index (κ2) is 8.46. The number of hydrogen-bond acceptors (Lipinski definition) is 3. The highest BCUT2D eigenvalue weighted by Gasteiger charge is 2.11. The van der Waals surface area contributed by atoms with Crippen molar-refractivity contribution in [2.45, 2.75) is 13.8 Å². The molecule has 0 aromatic heterocycles. The number of rotatable bonds is 7. The van der Waals surface area contributed by atoms with Gasteiger partial charge in [0.1, 0.15) is 5.75 Å². The molecule has 0 atom stereocenters. The van der Waals surface area contributed by atoms with Gasteiger partial charge in [-0.25, -0.2) is 4.79 Å². The second-order valence-corrected chi connectivity index (χ2v) is 5.07. The fourth-order valence-electron chi connectivity index (χ4n) is 1.71. The Morgan fingerprint density at radius 3 is 2.52 bits per heavy atom. The lowest BCUT2D eigenvalue weighted by Crippen LogP contribution is -2.34. The van der Waals surface area contributed by atoms with Crippen molar-refractivity contribution in [1.29, 1.82) is 0 Å². The topological polar surface area (TPSA) is 66.8 Å². The van der Waals surface area contributed by atoms with Crippen LogP contribution in [0.15, 0.2) is 28.7 Å². The highest BCUT2D eigenvalue weighted by atomic mass is 79.9. The van der Waals surface area contributed by atoms with Gasteiger partial charge in [-0.3, -0.25) is 4.79 Å². The fraction of sp³-hybridized carbons (Fsp3) is 0.333. The SMILES string of the molecule is CCN(CC)C(=O)COc1ccc(C=CC(=O)O)cc1Br. The molecule has 0 radical (unpaired) electrons. The van der Waals surface area contributed by atoms with E-state index in [9.17, 15) is 9.59 Å². The lowest BCUT2D eigenvalue weighted by Gasteiger charge is -2.19. The zero-order chi connectivity index (χ0) is 15.8. The largest absolute Gasteiger partial charge is 0.483 e. The molecule has 0 aliphatic heterocycles. The molecule has 1 aromatic carbocycles. The summed E-state index contributed by atoms with van der Waals surface area (Å²) < 4.78 is 6.15. The van der Waals surface area contributed by atoms with Gasteiger partial charge in [0, 0.05) is 19.2 Å². The maximum atomic E-state index is 11.8. The minimum absolute atomic E-state index is 0.0232. The third-order valence-electron chi connectivity index (χ3n) is 2.84. The Bertz CT molecular complexity index is 538. The molecule has 0 unspecified atom stereocenters. The van der Waals surface area contributed by atoms with Crippen LogP contribution in [-0.2, 0) is 9.59 Å². The van der Waals surface area contributed by atoms with Crippen molar-refractivity contribution < 1.29 is 19.4 Å². The van der Waals surface area contributed by atoms with Crippen LogP contribution in [0.5, 0.6) is 5.75 Å². The van der Waals surface area contributed by atoms with Crippen LogP contribution < -0.4 is 4.74 Å². The maximum Gasteiger partial charge on any atom is 0.328 e. The van der Waals surface area contributed by atoms with E-state index in [1.807, 2.05) is 13.8 Å². The van der Waals surface area contributed by atoms with Gasteiger partial charge in [-0.05, 0) is 53.5 Å². The predicted octanol–water partition coefficient (Wildman–Crippen LogP) is 2.79. The summed E-state index contributed by atoms with van der Waals surface area (Å²) in [6, 6.07) is 5.15. The summed E-state index contributed by atoms with van der Waals surface area (Å²) in [7, 11) is 0. The zero-order valence-corrected chi connectivity index (χ0v) is 13.6. The number of carbonyl (C=O) groups excluding carboxylic acids is 1. The maximum absolute atomic E-state index is 11.8. The molecule has 1 rings (SSSR count). The van der Waals surface area contributed by atoms with Crippen LogP contribution in [0.25, 0.3) is 6.08 Å². The Morgan fingerprint density at radius 1 is 1.33 bits per heavy atom. The van der Waals surface area contributed by atoms with Gasteiger partial charge in [0.05, 0.1) is 4.47 Å². The number of hydrogen-bond donors (Lipinski definition) is 1. The summed E-state index contributed by atoms with van der Waals surface area (Å²) >= 11 is 3.34. The Balaban J connectivity index is 2.69. The summed E-state index contributed by atoms with van der Waals surface area (Å²) in [5.74, 6) is -0.527. The Hall–Kier alpha value is -1.82. The quantitative estimate of drug-likeness (QED) is 0.763. The van der Waals surface area contributed by atoms with E-state index < -0.39 is 5.97 Å². The molecule has 1 N–H and O–H groups in total. The number of likely N-dealkylation sites (N-methyl/N-ethyl adjacent to an activating group) is 1. The molecule has 0 heterocycles.